The third kappa shape index (κ3) is 3.11. The second-order valence-electron chi connectivity index (χ2n) is 5.02. The molecule has 116 valence electrons. The van der Waals surface area contributed by atoms with Crippen LogP contribution in [-0.4, -0.2) is 15.9 Å². The van der Waals surface area contributed by atoms with Crippen LogP contribution >= 0.6 is 0 Å². The summed E-state index contributed by atoms with van der Waals surface area (Å²) >= 11 is 0. The van der Waals surface area contributed by atoms with Gasteiger partial charge in [0.05, 0.1) is 16.5 Å². The van der Waals surface area contributed by atoms with Gasteiger partial charge in [-0.15, -0.1) is 0 Å². The van der Waals surface area contributed by atoms with Gasteiger partial charge in [0.2, 0.25) is 0 Å². The molecule has 6 heteroatoms. The minimum Gasteiger partial charge on any atom is -0.451 e. The van der Waals surface area contributed by atoms with E-state index in [4.69, 9.17) is 4.74 Å². The lowest BCUT2D eigenvalue weighted by Crippen LogP contribution is -2.17. The predicted molar refractivity (Wildman–Crippen MR) is 82.6 cm³/mol. The first-order valence-electron chi connectivity index (χ1n) is 7.00. The number of benzene rings is 2. The molecule has 1 aromatic heterocycles. The van der Waals surface area contributed by atoms with Crippen LogP contribution in [0, 0.1) is 5.82 Å². The number of fused-ring (bicyclic) bond motifs is 1. The van der Waals surface area contributed by atoms with E-state index >= 15 is 0 Å². The number of halogens is 1. The van der Waals surface area contributed by atoms with Crippen LogP contribution in [-0.2, 0) is 4.74 Å². The summed E-state index contributed by atoms with van der Waals surface area (Å²) in [7, 11) is 0. The molecule has 3 aromatic rings. The van der Waals surface area contributed by atoms with Crippen LogP contribution in [0.25, 0.3) is 10.9 Å². The monoisotopic (exact) mass is 312 g/mol. The van der Waals surface area contributed by atoms with E-state index in [1.807, 2.05) is 0 Å². The van der Waals surface area contributed by atoms with Crippen molar-refractivity contribution >= 4 is 16.9 Å². The Balaban J connectivity index is 1.85. The Labute approximate surface area is 130 Å². The molecule has 0 unspecified atom stereocenters. The minimum atomic E-state index is -0.746. The summed E-state index contributed by atoms with van der Waals surface area (Å²) in [6.07, 6.45) is -0.746. The number of H-pyrrole nitrogens is 1. The number of esters is 1. The SMILES string of the molecule is C[C@@H](OC(=O)c1ccc(F)cc1)c1nc2ccccc2c(=O)[nH]1. The lowest BCUT2D eigenvalue weighted by atomic mass is 10.2. The number of nitrogens with zero attached hydrogens (tertiary/aromatic N) is 1. The van der Waals surface area contributed by atoms with Crippen LogP contribution in [0.15, 0.2) is 53.3 Å². The normalized spacial score (nSPS) is 12.1. The molecule has 0 saturated heterocycles. The lowest BCUT2D eigenvalue weighted by molar-refractivity contribution is 0.0320. The second kappa shape index (κ2) is 6.00. The van der Waals surface area contributed by atoms with Crippen LogP contribution in [0.4, 0.5) is 4.39 Å². The van der Waals surface area contributed by atoms with Crippen molar-refractivity contribution in [3.8, 4) is 0 Å². The van der Waals surface area contributed by atoms with Gasteiger partial charge in [-0.1, -0.05) is 12.1 Å². The Hall–Kier alpha value is -3.02. The van der Waals surface area contributed by atoms with Gasteiger partial charge < -0.3 is 9.72 Å². The maximum atomic E-state index is 12.9. The average molecular weight is 312 g/mol. The lowest BCUT2D eigenvalue weighted by Gasteiger charge is -2.13. The number of aromatic amines is 1. The molecule has 5 nitrogen and oxygen atoms in total. The molecule has 0 radical (unpaired) electrons. The van der Waals surface area contributed by atoms with E-state index < -0.39 is 17.9 Å². The summed E-state index contributed by atoms with van der Waals surface area (Å²) in [5.41, 5.74) is 0.451. The fourth-order valence-electron chi connectivity index (χ4n) is 2.17. The van der Waals surface area contributed by atoms with E-state index in [0.29, 0.717) is 10.9 Å². The van der Waals surface area contributed by atoms with Crippen molar-refractivity contribution in [2.75, 3.05) is 0 Å². The van der Waals surface area contributed by atoms with Gasteiger partial charge in [0.25, 0.3) is 5.56 Å². The molecule has 1 atom stereocenters. The van der Waals surface area contributed by atoms with Crippen LogP contribution in [0.3, 0.4) is 0 Å². The molecular weight excluding hydrogens is 299 g/mol. The first kappa shape index (κ1) is 14.9. The standard InChI is InChI=1S/C17H13FN2O3/c1-10(23-17(22)11-6-8-12(18)9-7-11)15-19-14-5-3-2-4-13(14)16(21)20-15/h2-10H,1H3,(H,19,20,21)/t10-/m1/s1. The second-order valence-corrected chi connectivity index (χ2v) is 5.02. The zero-order valence-electron chi connectivity index (χ0n) is 12.2. The number of aromatic nitrogens is 2. The molecule has 0 fully saturated rings. The van der Waals surface area contributed by atoms with E-state index in [1.165, 1.54) is 24.3 Å². The van der Waals surface area contributed by atoms with E-state index in [2.05, 4.69) is 9.97 Å². The van der Waals surface area contributed by atoms with Crippen molar-refractivity contribution in [2.24, 2.45) is 0 Å². The first-order chi connectivity index (χ1) is 11.0. The van der Waals surface area contributed by atoms with E-state index in [1.54, 1.807) is 31.2 Å². The molecule has 0 aliphatic carbocycles. The average Bonchev–Trinajstić information content (AvgIpc) is 2.55. The van der Waals surface area contributed by atoms with Gasteiger partial charge >= 0.3 is 5.97 Å². The van der Waals surface area contributed by atoms with Gasteiger partial charge in [-0.3, -0.25) is 4.79 Å². The van der Waals surface area contributed by atoms with Gasteiger partial charge in [0.1, 0.15) is 5.82 Å². The number of nitrogens with one attached hydrogen (secondary N) is 1. The summed E-state index contributed by atoms with van der Waals surface area (Å²) in [5, 5.41) is 0.466. The molecule has 3 rings (SSSR count). The maximum absolute atomic E-state index is 12.9. The Morgan fingerprint density at radius 3 is 2.61 bits per heavy atom. The van der Waals surface area contributed by atoms with Crippen LogP contribution in [0.2, 0.25) is 0 Å². The summed E-state index contributed by atoms with van der Waals surface area (Å²) < 4.78 is 18.1. The molecule has 0 spiro atoms. The summed E-state index contributed by atoms with van der Waals surface area (Å²) in [6, 6.07) is 11.9. The first-order valence-corrected chi connectivity index (χ1v) is 7.00. The zero-order chi connectivity index (χ0) is 16.4. The molecule has 1 heterocycles. The van der Waals surface area contributed by atoms with Crippen LogP contribution in [0.1, 0.15) is 29.2 Å². The number of hydrogen-bond acceptors (Lipinski definition) is 4. The molecule has 0 amide bonds. The third-order valence-electron chi connectivity index (χ3n) is 3.38. The highest BCUT2D eigenvalue weighted by Crippen LogP contribution is 2.16. The van der Waals surface area contributed by atoms with E-state index in [9.17, 15) is 14.0 Å². The third-order valence-corrected chi connectivity index (χ3v) is 3.38. The van der Waals surface area contributed by atoms with Gasteiger partial charge in [-0.25, -0.2) is 14.2 Å². The molecule has 23 heavy (non-hydrogen) atoms. The number of carbonyl (C=O) groups is 1. The maximum Gasteiger partial charge on any atom is 0.338 e. The molecule has 0 saturated carbocycles. The number of ether oxygens (including phenoxy) is 1. The highest BCUT2D eigenvalue weighted by Gasteiger charge is 2.16. The largest absolute Gasteiger partial charge is 0.451 e. The Morgan fingerprint density at radius 2 is 1.87 bits per heavy atom. The van der Waals surface area contributed by atoms with Gasteiger partial charge in [-0.2, -0.15) is 0 Å². The summed E-state index contributed by atoms with van der Waals surface area (Å²) in [4.78, 5) is 31.0. The van der Waals surface area contributed by atoms with E-state index in [0.717, 1.165) is 0 Å². The Morgan fingerprint density at radius 1 is 1.17 bits per heavy atom. The van der Waals surface area contributed by atoms with Crippen molar-refractivity contribution in [1.29, 1.82) is 0 Å². The van der Waals surface area contributed by atoms with Gasteiger partial charge in [-0.05, 0) is 43.3 Å². The predicted octanol–water partition coefficient (Wildman–Crippen LogP) is 2.98. The number of hydrogen-bond donors (Lipinski definition) is 1. The summed E-state index contributed by atoms with van der Waals surface area (Å²) in [6.45, 7) is 1.61. The molecule has 0 bridgehead atoms. The topological polar surface area (TPSA) is 72.0 Å². The number of carbonyl (C=O) groups excluding carboxylic acids is 1. The van der Waals surface area contributed by atoms with Crippen LogP contribution < -0.4 is 5.56 Å². The van der Waals surface area contributed by atoms with Gasteiger partial charge in [0, 0.05) is 0 Å². The summed E-state index contributed by atoms with van der Waals surface area (Å²) in [5.74, 6) is -0.799. The zero-order valence-corrected chi connectivity index (χ0v) is 12.2. The Bertz CT molecular complexity index is 919. The Kier molecular flexibility index (Phi) is 3.89. The quantitative estimate of drug-likeness (QED) is 0.755. The van der Waals surface area contributed by atoms with Crippen molar-refractivity contribution in [3.05, 3.63) is 76.1 Å². The highest BCUT2D eigenvalue weighted by atomic mass is 19.1. The van der Waals surface area contributed by atoms with Gasteiger partial charge in [0.15, 0.2) is 11.9 Å². The fourth-order valence-corrected chi connectivity index (χ4v) is 2.17. The van der Waals surface area contributed by atoms with E-state index in [-0.39, 0.29) is 16.9 Å². The minimum absolute atomic E-state index is 0.224. The highest BCUT2D eigenvalue weighted by molar-refractivity contribution is 5.89. The fraction of sp³-hybridized carbons (Fsp3) is 0.118. The number of rotatable bonds is 3. The van der Waals surface area contributed by atoms with Crippen molar-refractivity contribution in [2.45, 2.75) is 13.0 Å². The number of para-hydroxylation sites is 1. The van der Waals surface area contributed by atoms with Crippen LogP contribution in [0.5, 0.6) is 0 Å². The molecular formula is C17H13FN2O3. The molecule has 0 aliphatic heterocycles. The smallest absolute Gasteiger partial charge is 0.338 e. The van der Waals surface area contributed by atoms with Crippen molar-refractivity contribution < 1.29 is 13.9 Å². The molecule has 1 N–H and O–H groups in total. The van der Waals surface area contributed by atoms with Crippen molar-refractivity contribution in [3.63, 3.8) is 0 Å². The van der Waals surface area contributed by atoms with Crippen molar-refractivity contribution in [1.82, 2.24) is 9.97 Å². The molecule has 0 aliphatic rings. The molecule has 2 aromatic carbocycles.